The summed E-state index contributed by atoms with van der Waals surface area (Å²) in [5, 5.41) is 17.9. The highest BCUT2D eigenvalue weighted by molar-refractivity contribution is 5.70. The molecule has 0 unspecified atom stereocenters. The van der Waals surface area contributed by atoms with Crippen LogP contribution in [0.5, 0.6) is 5.75 Å². The maximum Gasteiger partial charge on any atom is 0.307 e. The van der Waals surface area contributed by atoms with E-state index in [9.17, 15) is 9.90 Å². The largest absolute Gasteiger partial charge is 0.508 e. The van der Waals surface area contributed by atoms with E-state index >= 15 is 0 Å². The first-order valence-corrected chi connectivity index (χ1v) is 2.65. The number of phenolic OH excluding ortho intramolecular Hbond substituents is 1. The van der Waals surface area contributed by atoms with Gasteiger partial charge in [0, 0.05) is 2.74 Å². The van der Waals surface area contributed by atoms with Crippen LogP contribution in [0.15, 0.2) is 24.2 Å². The van der Waals surface area contributed by atoms with Gasteiger partial charge in [-0.1, -0.05) is 12.1 Å². The van der Waals surface area contributed by atoms with Gasteiger partial charge in [-0.05, 0) is 17.6 Å². The lowest BCUT2D eigenvalue weighted by atomic mass is 10.1. The second-order valence-corrected chi connectivity index (χ2v) is 1.65. The first-order chi connectivity index (χ1) is 7.62. The zero-order valence-corrected chi connectivity index (χ0v) is 5.30. The normalized spacial score (nSPS) is 18.5. The number of hydrogen-bond donors (Lipinski definition) is 2. The molecular weight excluding hydrogens is 144 g/mol. The van der Waals surface area contributed by atoms with Crippen LogP contribution < -0.4 is 0 Å². The average molecular weight is 158 g/mol. The maximum atomic E-state index is 10.7. The van der Waals surface area contributed by atoms with E-state index in [1.165, 1.54) is 0 Å². The molecule has 0 aliphatic heterocycles. The Morgan fingerprint density at radius 3 is 2.55 bits per heavy atom. The van der Waals surface area contributed by atoms with E-state index in [2.05, 4.69) is 0 Å². The van der Waals surface area contributed by atoms with Gasteiger partial charge in [-0.3, -0.25) is 4.79 Å². The topological polar surface area (TPSA) is 57.5 Å². The summed E-state index contributed by atoms with van der Waals surface area (Å²) in [7, 11) is 0. The third kappa shape index (κ3) is 2.29. The molecule has 0 radical (unpaired) electrons. The molecule has 0 saturated carbocycles. The zero-order valence-electron chi connectivity index (χ0n) is 11.3. The Morgan fingerprint density at radius 1 is 1.55 bits per heavy atom. The monoisotopic (exact) mass is 158 g/mol. The smallest absolute Gasteiger partial charge is 0.307 e. The molecule has 0 heterocycles. The molecule has 0 saturated heterocycles. The van der Waals surface area contributed by atoms with Gasteiger partial charge in [-0.25, -0.2) is 0 Å². The number of carboxylic acids is 1. The van der Waals surface area contributed by atoms with Crippen molar-refractivity contribution in [1.82, 2.24) is 0 Å². The van der Waals surface area contributed by atoms with Gasteiger partial charge in [0.15, 0.2) is 0 Å². The molecule has 0 spiro atoms. The number of phenols is 1. The first-order valence-electron chi connectivity index (χ1n) is 5.65. The highest BCUT2D eigenvalue weighted by Gasteiger charge is 1.98. The van der Waals surface area contributed by atoms with Gasteiger partial charge in [-0.15, -0.1) is 0 Å². The molecule has 3 heteroatoms. The van der Waals surface area contributed by atoms with Crippen molar-refractivity contribution in [3.8, 4) is 5.75 Å². The van der Waals surface area contributed by atoms with Crippen LogP contribution in [0.1, 0.15) is 13.8 Å². The van der Waals surface area contributed by atoms with Gasteiger partial charge in [0.2, 0.25) is 0 Å². The quantitative estimate of drug-likeness (QED) is 0.675. The van der Waals surface area contributed by atoms with E-state index in [1.54, 1.807) is 0 Å². The molecule has 0 atom stereocenters. The fourth-order valence-electron chi connectivity index (χ4n) is 0.475. The van der Waals surface area contributed by atoms with Gasteiger partial charge in [0.1, 0.15) is 5.75 Å². The molecule has 58 valence electrons. The molecule has 1 rings (SSSR count). The second-order valence-electron chi connectivity index (χ2n) is 1.65. The van der Waals surface area contributed by atoms with Gasteiger partial charge in [0.05, 0.1) is 11.9 Å². The van der Waals surface area contributed by atoms with Crippen molar-refractivity contribution in [2.45, 2.75) is 6.37 Å². The van der Waals surface area contributed by atoms with Crippen molar-refractivity contribution in [1.29, 1.82) is 0 Å². The summed E-state index contributed by atoms with van der Waals surface area (Å²) in [4.78, 5) is 10.7. The van der Waals surface area contributed by atoms with E-state index < -0.39 is 47.8 Å². The summed E-state index contributed by atoms with van der Waals surface area (Å²) in [6.45, 7) is 0. The fraction of sp³-hybridized carbons (Fsp3) is 0.125. The van der Waals surface area contributed by atoms with Gasteiger partial charge in [0.25, 0.3) is 0 Å². The SMILES string of the molecule is [2H]c1c([2H])c(C([2H])([2H])C(=O)O)c([2H])c([2H])c1O. The van der Waals surface area contributed by atoms with Gasteiger partial charge >= 0.3 is 5.97 Å². The molecule has 1 aromatic rings. The Bertz CT molecular complexity index is 470. The lowest BCUT2D eigenvalue weighted by Crippen LogP contribution is -1.98. The molecule has 1 aromatic carbocycles. The van der Waals surface area contributed by atoms with E-state index in [1.807, 2.05) is 0 Å². The van der Waals surface area contributed by atoms with Crippen molar-refractivity contribution in [3.63, 3.8) is 0 Å². The Kier molecular flexibility index (Phi) is 0.791. The van der Waals surface area contributed by atoms with E-state index in [-0.39, 0.29) is 0 Å². The Hall–Kier alpha value is -1.51. The van der Waals surface area contributed by atoms with Crippen molar-refractivity contribution in [2.24, 2.45) is 0 Å². The molecule has 0 amide bonds. The van der Waals surface area contributed by atoms with E-state index in [4.69, 9.17) is 13.3 Å². The molecule has 0 aromatic heterocycles. The van der Waals surface area contributed by atoms with Crippen LogP contribution >= 0.6 is 0 Å². The van der Waals surface area contributed by atoms with E-state index in [0.29, 0.717) is 0 Å². The number of aliphatic carboxylic acids is 1. The highest BCUT2D eigenvalue weighted by atomic mass is 16.4. The van der Waals surface area contributed by atoms with Gasteiger partial charge in [-0.2, -0.15) is 0 Å². The first kappa shape index (κ1) is 2.85. The predicted octanol–water partition coefficient (Wildman–Crippen LogP) is 1.02. The third-order valence-corrected chi connectivity index (χ3v) is 0.844. The zero-order chi connectivity index (χ0) is 13.5. The molecule has 0 fully saturated rings. The molecular formula is C8H8O3. The van der Waals surface area contributed by atoms with Crippen molar-refractivity contribution < 1.29 is 23.2 Å². The minimum atomic E-state index is -3.06. The lowest BCUT2D eigenvalue weighted by molar-refractivity contribution is -0.136. The summed E-state index contributed by atoms with van der Waals surface area (Å²) in [5.41, 5.74) is -0.905. The van der Waals surface area contributed by atoms with E-state index in [0.717, 1.165) is 0 Å². The van der Waals surface area contributed by atoms with Crippen LogP contribution in [0, 0.1) is 0 Å². The number of rotatable bonds is 2. The second kappa shape index (κ2) is 3.05. The molecule has 3 nitrogen and oxygen atoms in total. The highest BCUT2D eigenvalue weighted by Crippen LogP contribution is 2.09. The predicted molar refractivity (Wildman–Crippen MR) is 39.4 cm³/mol. The Morgan fingerprint density at radius 2 is 2.09 bits per heavy atom. The van der Waals surface area contributed by atoms with Gasteiger partial charge < -0.3 is 10.2 Å². The number of hydrogen-bond acceptors (Lipinski definition) is 2. The Labute approximate surface area is 72.3 Å². The van der Waals surface area contributed by atoms with Crippen LogP contribution in [-0.2, 0) is 11.2 Å². The lowest BCUT2D eigenvalue weighted by Gasteiger charge is -1.95. The van der Waals surface area contributed by atoms with Crippen molar-refractivity contribution in [2.75, 3.05) is 0 Å². The summed E-state index contributed by atoms with van der Waals surface area (Å²) in [6, 6.07) is -3.55. The molecule has 2 N–H and O–H groups in total. The Balaban J connectivity index is 3.72. The standard InChI is InChI=1S/C8H8O3/c9-7-3-1-6(2-4-7)5-8(10)11/h1-4,9H,5H2,(H,10,11)/i1D,2D,3D,4D,5D2. The molecule has 0 aliphatic rings. The van der Waals surface area contributed by atoms with Crippen LogP contribution in [0.3, 0.4) is 0 Å². The third-order valence-electron chi connectivity index (χ3n) is 0.844. The summed E-state index contributed by atoms with van der Waals surface area (Å²) in [6.07, 6.45) is -3.06. The van der Waals surface area contributed by atoms with Crippen molar-refractivity contribution in [3.05, 3.63) is 29.7 Å². The number of carboxylic acid groups (broad SMARTS) is 1. The minimum Gasteiger partial charge on any atom is -0.508 e. The van der Waals surface area contributed by atoms with Crippen LogP contribution in [0.25, 0.3) is 0 Å². The van der Waals surface area contributed by atoms with Crippen LogP contribution in [0.4, 0.5) is 0 Å². The number of benzene rings is 1. The summed E-state index contributed by atoms with van der Waals surface area (Å²) < 4.78 is 43.7. The van der Waals surface area contributed by atoms with Crippen LogP contribution in [0.2, 0.25) is 0 Å². The number of aromatic hydroxyl groups is 1. The van der Waals surface area contributed by atoms with Crippen molar-refractivity contribution >= 4 is 5.97 Å². The summed E-state index contributed by atoms with van der Waals surface area (Å²) >= 11 is 0. The molecule has 0 aliphatic carbocycles. The summed E-state index contributed by atoms with van der Waals surface area (Å²) in [5.74, 6) is -2.87. The fourth-order valence-corrected chi connectivity index (χ4v) is 0.475. The van der Waals surface area contributed by atoms with Crippen LogP contribution in [-0.4, -0.2) is 16.2 Å². The molecule has 0 bridgehead atoms. The molecule has 11 heavy (non-hydrogen) atoms. The maximum absolute atomic E-state index is 10.7. The minimum absolute atomic E-state index is 0.869. The average Bonchev–Trinajstić information content (AvgIpc) is 2.23. The number of carbonyl (C=O) groups is 1.